The fourth-order valence-corrected chi connectivity index (χ4v) is 3.28. The second kappa shape index (κ2) is 5.20. The second-order valence-corrected chi connectivity index (χ2v) is 5.76. The topological polar surface area (TPSA) is 22.0 Å². The van der Waals surface area contributed by atoms with Crippen LogP contribution in [-0.2, 0) is 11.3 Å². The van der Waals surface area contributed by atoms with Gasteiger partial charge in [0.1, 0.15) is 0 Å². The molecule has 0 aliphatic heterocycles. The van der Waals surface area contributed by atoms with E-state index in [1.54, 1.807) is 0 Å². The van der Waals surface area contributed by atoms with Crippen molar-refractivity contribution in [2.24, 2.45) is 5.92 Å². The SMILES string of the molecule is Cc1cn(CC(=O)C2CCCCC2)c2ccccc12. The van der Waals surface area contributed by atoms with Crippen molar-refractivity contribution in [2.45, 2.75) is 45.6 Å². The Labute approximate surface area is 114 Å². The maximum absolute atomic E-state index is 12.4. The number of aromatic nitrogens is 1. The molecule has 0 spiro atoms. The molecule has 0 radical (unpaired) electrons. The molecule has 0 amide bonds. The number of carbonyl (C=O) groups is 1. The number of fused-ring (bicyclic) bond motifs is 1. The van der Waals surface area contributed by atoms with Crippen molar-refractivity contribution in [2.75, 3.05) is 0 Å². The molecule has 3 rings (SSSR count). The number of carbonyl (C=O) groups excluding carboxylic acids is 1. The Kier molecular flexibility index (Phi) is 3.41. The third-order valence-electron chi connectivity index (χ3n) is 4.37. The quantitative estimate of drug-likeness (QED) is 0.809. The molecular formula is C17H21NO. The van der Waals surface area contributed by atoms with Gasteiger partial charge in [-0.15, -0.1) is 0 Å². The molecule has 2 heteroatoms. The molecule has 1 aromatic heterocycles. The van der Waals surface area contributed by atoms with Gasteiger partial charge in [0.15, 0.2) is 5.78 Å². The van der Waals surface area contributed by atoms with Gasteiger partial charge in [-0.2, -0.15) is 0 Å². The largest absolute Gasteiger partial charge is 0.340 e. The van der Waals surface area contributed by atoms with E-state index >= 15 is 0 Å². The van der Waals surface area contributed by atoms with Gasteiger partial charge in [0, 0.05) is 23.0 Å². The molecule has 2 aromatic rings. The Balaban J connectivity index is 1.83. The predicted molar refractivity (Wildman–Crippen MR) is 78.3 cm³/mol. The number of nitrogens with zero attached hydrogens (tertiary/aromatic N) is 1. The molecule has 1 heterocycles. The van der Waals surface area contributed by atoms with Crippen LogP contribution in [0.4, 0.5) is 0 Å². The summed E-state index contributed by atoms with van der Waals surface area (Å²) in [6.07, 6.45) is 8.05. The molecule has 19 heavy (non-hydrogen) atoms. The minimum absolute atomic E-state index is 0.301. The third-order valence-corrected chi connectivity index (χ3v) is 4.37. The van der Waals surface area contributed by atoms with Crippen molar-refractivity contribution < 1.29 is 4.79 Å². The number of rotatable bonds is 3. The van der Waals surface area contributed by atoms with E-state index in [1.165, 1.54) is 35.7 Å². The highest BCUT2D eigenvalue weighted by atomic mass is 16.1. The van der Waals surface area contributed by atoms with Gasteiger partial charge in [-0.1, -0.05) is 37.5 Å². The van der Waals surface area contributed by atoms with Crippen LogP contribution in [0.25, 0.3) is 10.9 Å². The van der Waals surface area contributed by atoms with Gasteiger partial charge in [0.2, 0.25) is 0 Å². The van der Waals surface area contributed by atoms with Gasteiger partial charge in [0.05, 0.1) is 6.54 Å². The number of aryl methyl sites for hydroxylation is 1. The van der Waals surface area contributed by atoms with Crippen LogP contribution in [-0.4, -0.2) is 10.4 Å². The Hall–Kier alpha value is -1.57. The summed E-state index contributed by atoms with van der Waals surface area (Å²) >= 11 is 0. The fraction of sp³-hybridized carbons (Fsp3) is 0.471. The molecule has 2 nitrogen and oxygen atoms in total. The van der Waals surface area contributed by atoms with E-state index in [1.807, 2.05) is 6.07 Å². The Morgan fingerprint density at radius 2 is 1.95 bits per heavy atom. The number of ketones is 1. The van der Waals surface area contributed by atoms with Crippen molar-refractivity contribution in [3.63, 3.8) is 0 Å². The first-order valence-electron chi connectivity index (χ1n) is 7.33. The number of hydrogen-bond acceptors (Lipinski definition) is 1. The van der Waals surface area contributed by atoms with Crippen LogP contribution in [0.1, 0.15) is 37.7 Å². The monoisotopic (exact) mass is 255 g/mol. The van der Waals surface area contributed by atoms with E-state index in [-0.39, 0.29) is 0 Å². The van der Waals surface area contributed by atoms with Crippen molar-refractivity contribution in [3.8, 4) is 0 Å². The van der Waals surface area contributed by atoms with Gasteiger partial charge in [-0.05, 0) is 31.4 Å². The minimum Gasteiger partial charge on any atom is -0.340 e. The van der Waals surface area contributed by atoms with E-state index in [0.717, 1.165) is 12.8 Å². The van der Waals surface area contributed by atoms with Gasteiger partial charge in [0.25, 0.3) is 0 Å². The Morgan fingerprint density at radius 3 is 2.74 bits per heavy atom. The summed E-state index contributed by atoms with van der Waals surface area (Å²) in [7, 11) is 0. The second-order valence-electron chi connectivity index (χ2n) is 5.76. The van der Waals surface area contributed by atoms with Crippen molar-refractivity contribution in [1.29, 1.82) is 0 Å². The first kappa shape index (κ1) is 12.5. The van der Waals surface area contributed by atoms with Gasteiger partial charge < -0.3 is 4.57 Å². The Morgan fingerprint density at radius 1 is 1.21 bits per heavy atom. The zero-order chi connectivity index (χ0) is 13.2. The lowest BCUT2D eigenvalue weighted by atomic mass is 9.86. The maximum Gasteiger partial charge on any atom is 0.155 e. The average molecular weight is 255 g/mol. The number of hydrogen-bond donors (Lipinski definition) is 0. The zero-order valence-electron chi connectivity index (χ0n) is 11.6. The van der Waals surface area contributed by atoms with Crippen LogP contribution >= 0.6 is 0 Å². The first-order valence-corrected chi connectivity index (χ1v) is 7.33. The minimum atomic E-state index is 0.301. The van der Waals surface area contributed by atoms with Crippen molar-refractivity contribution in [3.05, 3.63) is 36.0 Å². The van der Waals surface area contributed by atoms with E-state index < -0.39 is 0 Å². The average Bonchev–Trinajstić information content (AvgIpc) is 2.77. The van der Waals surface area contributed by atoms with Crippen molar-refractivity contribution >= 4 is 16.7 Å². The summed E-state index contributed by atoms with van der Waals surface area (Å²) in [5.74, 6) is 0.718. The van der Waals surface area contributed by atoms with Crippen LogP contribution in [0.2, 0.25) is 0 Å². The predicted octanol–water partition coefficient (Wildman–Crippen LogP) is 4.10. The molecule has 0 N–H and O–H groups in total. The molecule has 1 aliphatic rings. The molecule has 100 valence electrons. The summed E-state index contributed by atoms with van der Waals surface area (Å²) in [5.41, 5.74) is 2.44. The summed E-state index contributed by atoms with van der Waals surface area (Å²) in [4.78, 5) is 12.4. The normalized spacial score (nSPS) is 16.9. The molecule has 1 aliphatic carbocycles. The summed E-state index contributed by atoms with van der Waals surface area (Å²) < 4.78 is 2.13. The van der Waals surface area contributed by atoms with Gasteiger partial charge >= 0.3 is 0 Å². The van der Waals surface area contributed by atoms with Crippen LogP contribution < -0.4 is 0 Å². The highest BCUT2D eigenvalue weighted by Gasteiger charge is 2.21. The van der Waals surface area contributed by atoms with Crippen LogP contribution in [0.15, 0.2) is 30.5 Å². The summed E-state index contributed by atoms with van der Waals surface area (Å²) in [6.45, 7) is 2.66. The third kappa shape index (κ3) is 2.44. The Bertz CT molecular complexity index is 590. The van der Waals surface area contributed by atoms with Crippen LogP contribution in [0, 0.1) is 12.8 Å². The molecule has 0 atom stereocenters. The van der Waals surface area contributed by atoms with Gasteiger partial charge in [-0.25, -0.2) is 0 Å². The number of benzene rings is 1. The van der Waals surface area contributed by atoms with Crippen molar-refractivity contribution in [1.82, 2.24) is 4.57 Å². The molecule has 0 saturated heterocycles. The summed E-state index contributed by atoms with van der Waals surface area (Å²) in [6, 6.07) is 8.34. The fourth-order valence-electron chi connectivity index (χ4n) is 3.28. The molecule has 0 bridgehead atoms. The van der Waals surface area contributed by atoms with Gasteiger partial charge in [-0.3, -0.25) is 4.79 Å². The van der Waals surface area contributed by atoms with Crippen LogP contribution in [0.3, 0.4) is 0 Å². The molecular weight excluding hydrogens is 234 g/mol. The van der Waals surface area contributed by atoms with E-state index in [9.17, 15) is 4.79 Å². The van der Waals surface area contributed by atoms with E-state index in [0.29, 0.717) is 18.2 Å². The highest BCUT2D eigenvalue weighted by Crippen LogP contribution is 2.26. The summed E-state index contributed by atoms with van der Waals surface area (Å²) in [5, 5.41) is 1.26. The number of Topliss-reactive ketones (excluding diaryl/α,β-unsaturated/α-hetero) is 1. The zero-order valence-corrected chi connectivity index (χ0v) is 11.6. The molecule has 0 unspecified atom stereocenters. The lowest BCUT2D eigenvalue weighted by Crippen LogP contribution is -2.22. The van der Waals surface area contributed by atoms with Crippen LogP contribution in [0.5, 0.6) is 0 Å². The standard InChI is InChI=1S/C17H21NO/c1-13-11-18(16-10-6-5-9-15(13)16)12-17(19)14-7-3-2-4-8-14/h5-6,9-11,14H,2-4,7-8,12H2,1H3. The molecule has 1 saturated carbocycles. The highest BCUT2D eigenvalue weighted by molar-refractivity contribution is 5.87. The molecule has 1 aromatic carbocycles. The van der Waals surface area contributed by atoms with E-state index in [4.69, 9.17) is 0 Å². The smallest absolute Gasteiger partial charge is 0.155 e. The maximum atomic E-state index is 12.4. The lowest BCUT2D eigenvalue weighted by molar-refractivity contribution is -0.124. The number of para-hydroxylation sites is 1. The van der Waals surface area contributed by atoms with E-state index in [2.05, 4.69) is 35.9 Å². The first-order chi connectivity index (χ1) is 9.25. The molecule has 1 fully saturated rings. The lowest BCUT2D eigenvalue weighted by Gasteiger charge is -2.20.